The number of para-hydroxylation sites is 1. The lowest BCUT2D eigenvalue weighted by atomic mass is 10.0. The van der Waals surface area contributed by atoms with Crippen LogP contribution < -0.4 is 10.1 Å². The summed E-state index contributed by atoms with van der Waals surface area (Å²) in [5.74, 6) is 0.0549. The summed E-state index contributed by atoms with van der Waals surface area (Å²) in [6, 6.07) is 14.3. The van der Waals surface area contributed by atoms with E-state index in [2.05, 4.69) is 15.3 Å². The number of imide groups is 1. The maximum absolute atomic E-state index is 12.4. The smallest absolute Gasteiger partial charge is 0.271 e. The summed E-state index contributed by atoms with van der Waals surface area (Å²) in [4.78, 5) is 45.3. The number of aromatic amines is 1. The monoisotopic (exact) mass is 518 g/mol. The van der Waals surface area contributed by atoms with E-state index in [1.807, 2.05) is 24.3 Å². The first-order valence-electron chi connectivity index (χ1n) is 13.1. The number of H-pyrrole nitrogens is 1. The molecule has 3 aromatic rings. The SMILES string of the molecule is C[C@H](O)[C@@H](CCc1ccccc1OCCCCCCN1C(=O)c2ccccc2C1=O)NC(=O)c1c[nH]cn1. The number of nitrogens with zero attached hydrogens (tertiary/aromatic N) is 2. The molecule has 2 aromatic carbocycles. The van der Waals surface area contributed by atoms with E-state index in [-0.39, 0.29) is 23.4 Å². The standard InChI is InChI=1S/C29H34N4O5/c1-20(34)24(32-27(35)25-18-30-19-31-25)15-14-21-10-4-7-13-26(21)38-17-9-3-2-8-16-33-28(36)22-11-5-6-12-23(22)29(33)37/h4-7,10-13,18-20,24,34H,2-3,8-9,14-17H2,1H3,(H,30,31)(H,32,35)/t20-,24+/m0/s1. The number of carbonyl (C=O) groups excluding carboxylic acids is 3. The number of imidazole rings is 1. The number of amides is 3. The highest BCUT2D eigenvalue weighted by Crippen LogP contribution is 2.23. The molecular formula is C29H34N4O5. The summed E-state index contributed by atoms with van der Waals surface area (Å²) in [7, 11) is 0. The number of hydrogen-bond donors (Lipinski definition) is 3. The van der Waals surface area contributed by atoms with Gasteiger partial charge in [0.05, 0.1) is 36.2 Å². The minimum absolute atomic E-state index is 0.205. The zero-order chi connectivity index (χ0) is 26.9. The van der Waals surface area contributed by atoms with Crippen molar-refractivity contribution in [2.75, 3.05) is 13.2 Å². The lowest BCUT2D eigenvalue weighted by molar-refractivity contribution is 0.0650. The molecule has 0 bridgehead atoms. The van der Waals surface area contributed by atoms with Gasteiger partial charge in [0.25, 0.3) is 17.7 Å². The van der Waals surface area contributed by atoms with Crippen molar-refractivity contribution in [2.45, 2.75) is 57.6 Å². The molecule has 3 amide bonds. The summed E-state index contributed by atoms with van der Waals surface area (Å²) >= 11 is 0. The minimum Gasteiger partial charge on any atom is -0.493 e. The quantitative estimate of drug-likeness (QED) is 0.221. The van der Waals surface area contributed by atoms with Gasteiger partial charge in [0.15, 0.2) is 0 Å². The van der Waals surface area contributed by atoms with E-state index in [1.54, 1.807) is 31.2 Å². The first kappa shape index (κ1) is 27.1. The number of aryl methyl sites for hydroxylation is 1. The van der Waals surface area contributed by atoms with Gasteiger partial charge in [0.2, 0.25) is 0 Å². The Morgan fingerprint density at radius 2 is 1.71 bits per heavy atom. The fourth-order valence-corrected chi connectivity index (χ4v) is 4.57. The van der Waals surface area contributed by atoms with Crippen molar-refractivity contribution in [2.24, 2.45) is 0 Å². The number of hydrogen-bond acceptors (Lipinski definition) is 6. The van der Waals surface area contributed by atoms with Gasteiger partial charge in [0, 0.05) is 12.7 Å². The number of rotatable bonds is 14. The first-order chi connectivity index (χ1) is 18.5. The van der Waals surface area contributed by atoms with Crippen LogP contribution in [0, 0.1) is 0 Å². The molecule has 0 fully saturated rings. The molecule has 0 saturated heterocycles. The predicted octanol–water partition coefficient (Wildman–Crippen LogP) is 3.76. The van der Waals surface area contributed by atoms with Crippen LogP contribution in [0.2, 0.25) is 0 Å². The molecular weight excluding hydrogens is 484 g/mol. The molecule has 0 radical (unpaired) electrons. The van der Waals surface area contributed by atoms with Gasteiger partial charge in [-0.25, -0.2) is 4.98 Å². The van der Waals surface area contributed by atoms with Crippen LogP contribution >= 0.6 is 0 Å². The third kappa shape index (κ3) is 6.66. The fourth-order valence-electron chi connectivity index (χ4n) is 4.57. The van der Waals surface area contributed by atoms with Crippen LogP contribution in [0.25, 0.3) is 0 Å². The van der Waals surface area contributed by atoms with Gasteiger partial charge >= 0.3 is 0 Å². The number of benzene rings is 2. The highest BCUT2D eigenvalue weighted by Gasteiger charge is 2.34. The van der Waals surface area contributed by atoms with Crippen LogP contribution in [0.15, 0.2) is 61.1 Å². The molecule has 1 aliphatic heterocycles. The van der Waals surface area contributed by atoms with E-state index >= 15 is 0 Å². The Morgan fingerprint density at radius 3 is 2.39 bits per heavy atom. The van der Waals surface area contributed by atoms with Gasteiger partial charge in [0.1, 0.15) is 11.4 Å². The molecule has 9 heteroatoms. The van der Waals surface area contributed by atoms with Crippen LogP contribution in [0.1, 0.15) is 75.8 Å². The van der Waals surface area contributed by atoms with E-state index < -0.39 is 12.1 Å². The molecule has 1 aromatic heterocycles. The zero-order valence-corrected chi connectivity index (χ0v) is 21.6. The van der Waals surface area contributed by atoms with E-state index in [9.17, 15) is 19.5 Å². The number of unbranched alkanes of at least 4 members (excludes halogenated alkanes) is 3. The van der Waals surface area contributed by atoms with Crippen molar-refractivity contribution in [1.82, 2.24) is 20.2 Å². The summed E-state index contributed by atoms with van der Waals surface area (Å²) in [6.45, 7) is 2.64. The van der Waals surface area contributed by atoms with Crippen molar-refractivity contribution in [1.29, 1.82) is 0 Å². The van der Waals surface area contributed by atoms with Crippen molar-refractivity contribution in [3.63, 3.8) is 0 Å². The molecule has 0 spiro atoms. The Labute approximate surface area is 222 Å². The predicted molar refractivity (Wildman–Crippen MR) is 142 cm³/mol. The van der Waals surface area contributed by atoms with Gasteiger partial charge in [-0.1, -0.05) is 43.2 Å². The molecule has 2 atom stereocenters. The van der Waals surface area contributed by atoms with Gasteiger partial charge < -0.3 is 20.1 Å². The Kier molecular flexibility index (Phi) is 9.26. The summed E-state index contributed by atoms with van der Waals surface area (Å²) < 4.78 is 6.04. The Morgan fingerprint density at radius 1 is 1.03 bits per heavy atom. The topological polar surface area (TPSA) is 125 Å². The van der Waals surface area contributed by atoms with Gasteiger partial charge in [-0.15, -0.1) is 0 Å². The second-order valence-corrected chi connectivity index (χ2v) is 9.49. The molecule has 38 heavy (non-hydrogen) atoms. The van der Waals surface area contributed by atoms with Crippen LogP contribution in [-0.4, -0.2) is 63.0 Å². The van der Waals surface area contributed by atoms with Gasteiger partial charge in [-0.3, -0.25) is 19.3 Å². The van der Waals surface area contributed by atoms with Crippen molar-refractivity contribution >= 4 is 17.7 Å². The highest BCUT2D eigenvalue weighted by atomic mass is 16.5. The maximum atomic E-state index is 12.4. The Bertz CT molecular complexity index is 1210. The summed E-state index contributed by atoms with van der Waals surface area (Å²) in [5, 5.41) is 13.0. The second-order valence-electron chi connectivity index (χ2n) is 9.49. The molecule has 0 saturated carbocycles. The zero-order valence-electron chi connectivity index (χ0n) is 21.6. The van der Waals surface area contributed by atoms with Gasteiger partial charge in [-0.2, -0.15) is 0 Å². The molecule has 4 rings (SSSR count). The molecule has 2 heterocycles. The van der Waals surface area contributed by atoms with Crippen molar-refractivity contribution < 1.29 is 24.2 Å². The number of carbonyl (C=O) groups is 3. The molecule has 0 aliphatic carbocycles. The summed E-state index contributed by atoms with van der Waals surface area (Å²) in [5.41, 5.74) is 2.27. The van der Waals surface area contributed by atoms with Crippen molar-refractivity contribution in [3.05, 3.63) is 83.4 Å². The maximum Gasteiger partial charge on any atom is 0.271 e. The van der Waals surface area contributed by atoms with Crippen LogP contribution in [0.3, 0.4) is 0 Å². The largest absolute Gasteiger partial charge is 0.493 e. The van der Waals surface area contributed by atoms with Crippen molar-refractivity contribution in [3.8, 4) is 5.75 Å². The number of aliphatic hydroxyl groups is 1. The van der Waals surface area contributed by atoms with Crippen LogP contribution in [0.5, 0.6) is 5.75 Å². The average molecular weight is 519 g/mol. The highest BCUT2D eigenvalue weighted by molar-refractivity contribution is 6.21. The number of aliphatic hydroxyl groups excluding tert-OH is 1. The van der Waals surface area contributed by atoms with Crippen LogP contribution in [0.4, 0.5) is 0 Å². The summed E-state index contributed by atoms with van der Waals surface area (Å²) in [6.07, 6.45) is 6.85. The van der Waals surface area contributed by atoms with Crippen LogP contribution in [-0.2, 0) is 6.42 Å². The van der Waals surface area contributed by atoms with E-state index in [0.29, 0.717) is 37.1 Å². The fraction of sp³-hybridized carbons (Fsp3) is 0.379. The first-order valence-corrected chi connectivity index (χ1v) is 13.1. The third-order valence-corrected chi connectivity index (χ3v) is 6.74. The molecule has 3 N–H and O–H groups in total. The Balaban J connectivity index is 1.17. The van der Waals surface area contributed by atoms with E-state index in [1.165, 1.54) is 17.4 Å². The number of aromatic nitrogens is 2. The van der Waals surface area contributed by atoms with E-state index in [0.717, 1.165) is 37.0 Å². The number of fused-ring (bicyclic) bond motifs is 1. The minimum atomic E-state index is -0.716. The average Bonchev–Trinajstić information content (AvgIpc) is 3.55. The normalized spacial score (nSPS) is 14.3. The number of ether oxygens (including phenoxy) is 1. The van der Waals surface area contributed by atoms with E-state index in [4.69, 9.17) is 4.74 Å². The Hall–Kier alpha value is -3.98. The second kappa shape index (κ2) is 13.0. The molecule has 200 valence electrons. The lowest BCUT2D eigenvalue weighted by Crippen LogP contribution is -2.42. The van der Waals surface area contributed by atoms with Gasteiger partial charge in [-0.05, 0) is 56.4 Å². The molecule has 0 unspecified atom stereocenters. The lowest BCUT2D eigenvalue weighted by Gasteiger charge is -2.21. The molecule has 9 nitrogen and oxygen atoms in total. The number of nitrogens with one attached hydrogen (secondary N) is 2. The third-order valence-electron chi connectivity index (χ3n) is 6.74. The molecule has 1 aliphatic rings.